The minimum atomic E-state index is -1.53. The Kier molecular flexibility index (Phi) is 15.6. The molecule has 32 heteroatoms. The van der Waals surface area contributed by atoms with Gasteiger partial charge in [0.15, 0.2) is 47.3 Å². The number of ether oxygens (including phenoxy) is 4. The molecule has 0 saturated carbocycles. The van der Waals surface area contributed by atoms with E-state index < -0.39 is 109 Å². The van der Waals surface area contributed by atoms with Gasteiger partial charge in [-0.15, -0.1) is 47.0 Å². The molecule has 13 heterocycles. The minimum absolute atomic E-state index is 0.000288. The fraction of sp³-hybridized carbons (Fsp3) is 0.405. The molecule has 19 rings (SSSR count). The van der Waals surface area contributed by atoms with Crippen LogP contribution in [0.5, 0.6) is 23.0 Å². The van der Waals surface area contributed by atoms with Crippen LogP contribution in [-0.4, -0.2) is 263 Å². The molecule has 0 bridgehead atoms. The van der Waals surface area contributed by atoms with Gasteiger partial charge in [0.05, 0.1) is 52.6 Å². The van der Waals surface area contributed by atoms with Crippen LogP contribution >= 0.6 is 47.0 Å². The highest BCUT2D eigenvalue weighted by Gasteiger charge is 2.80. The van der Waals surface area contributed by atoms with E-state index in [2.05, 4.69) is 0 Å². The van der Waals surface area contributed by atoms with Crippen molar-refractivity contribution in [2.24, 2.45) is 0 Å². The Morgan fingerprint density at radius 2 is 0.472 bits per heavy atom. The van der Waals surface area contributed by atoms with Gasteiger partial charge < -0.3 is 18.9 Å². The van der Waals surface area contributed by atoms with Crippen LogP contribution in [0.2, 0.25) is 0 Å². The molecule has 13 aliphatic heterocycles. The van der Waals surface area contributed by atoms with Crippen molar-refractivity contribution in [1.29, 1.82) is 0 Å². The highest BCUT2D eigenvalue weighted by molar-refractivity contribution is 8.00. The maximum atomic E-state index is 15.9. The molecule has 0 spiro atoms. The molecule has 106 heavy (non-hydrogen) atoms. The zero-order chi connectivity index (χ0) is 72.4. The van der Waals surface area contributed by atoms with Crippen molar-refractivity contribution in [3.63, 3.8) is 0 Å². The zero-order valence-electron chi connectivity index (χ0n) is 58.6. The van der Waals surface area contributed by atoms with Gasteiger partial charge in [-0.25, -0.2) is 38.4 Å². The Morgan fingerprint density at radius 3 is 0.689 bits per heavy atom. The molecule has 28 nitrogen and oxygen atoms in total. The summed E-state index contributed by atoms with van der Waals surface area (Å²) in [7, 11) is 0. The molecule has 11 fully saturated rings. The summed E-state index contributed by atoms with van der Waals surface area (Å²) in [5, 5.41) is 0. The molecule has 0 aliphatic carbocycles. The van der Waals surface area contributed by atoms with Gasteiger partial charge in [-0.05, 0) is 100 Å². The maximum Gasteiger partial charge on any atom is 0.326 e. The van der Waals surface area contributed by atoms with E-state index >= 15 is 38.4 Å². The summed E-state index contributed by atoms with van der Waals surface area (Å²) in [6.07, 6.45) is -4.54. The number of rotatable bonds is 20. The van der Waals surface area contributed by atoms with E-state index in [0.717, 1.165) is 19.6 Å². The third-order valence-corrected chi connectivity index (χ3v) is 28.0. The van der Waals surface area contributed by atoms with Crippen molar-refractivity contribution >= 4 is 95.3 Å². The second kappa shape index (κ2) is 24.8. The van der Waals surface area contributed by atoms with Gasteiger partial charge >= 0.3 is 48.2 Å². The molecule has 16 amide bonds. The summed E-state index contributed by atoms with van der Waals surface area (Å²) in [6.45, 7) is 6.34. The lowest BCUT2D eigenvalue weighted by atomic mass is 9.95. The van der Waals surface area contributed by atoms with Gasteiger partial charge in [0.2, 0.25) is 0 Å². The number of carbonyl (C=O) groups excluding carboxylic acids is 8. The molecule has 0 unspecified atom stereocenters. The Morgan fingerprint density at radius 1 is 0.274 bits per heavy atom. The van der Waals surface area contributed by atoms with Crippen LogP contribution in [0, 0.1) is 0 Å². The average molecular weight is 1510 g/mol. The number of thioether (sulfide) groups is 4. The topological polar surface area (TPSA) is 225 Å². The van der Waals surface area contributed by atoms with Crippen LogP contribution < -0.4 is 18.9 Å². The molecule has 11 saturated heterocycles. The Balaban J connectivity index is 0.622. The maximum absolute atomic E-state index is 15.9. The van der Waals surface area contributed by atoms with Gasteiger partial charge in [0, 0.05) is 64.8 Å². The first-order valence-corrected chi connectivity index (χ1v) is 39.6. The number of hydrogen-bond acceptors (Lipinski definition) is 16. The number of benzene rings is 6. The van der Waals surface area contributed by atoms with Crippen molar-refractivity contribution in [1.82, 2.24) is 78.4 Å². The summed E-state index contributed by atoms with van der Waals surface area (Å²) in [4.78, 5) is 156. The highest BCUT2D eigenvalue weighted by Crippen LogP contribution is 2.60. The number of carbonyl (C=O) groups is 8. The lowest BCUT2D eigenvalue weighted by molar-refractivity contribution is -0.0871. The Bertz CT molecular complexity index is 4110. The van der Waals surface area contributed by atoms with E-state index in [1.807, 2.05) is 173 Å². The molecular weight excluding hydrogens is 1430 g/mol. The van der Waals surface area contributed by atoms with Crippen molar-refractivity contribution in [3.8, 4) is 23.0 Å². The first-order valence-electron chi connectivity index (χ1n) is 35.6. The minimum Gasteiger partial charge on any atom is -0.492 e. The molecule has 0 atom stereocenters. The quantitative estimate of drug-likeness (QED) is 0.0512. The molecule has 6 aromatic carbocycles. The standard InChI is InChI=1S/C74H76N16O12S4/c1-71-73(3)87-43-79-61-59-75(63(79)91)41-77-60-62-81(65(77)93)45-89-69(97)85-39-53-54(58(102-32-36-106-50-23-15-8-16-24-50)28-27-57(53)101-31-35-105-49-21-13-7-14-22-49)40-86-70(98)90(74(89,4)72(85,86)2)46-82(62)66(94)78(60)42-76(59)64(92)80(61)44-88(73)68(96)84(71)38-52-51(37-83(71)67(87)95)55(99-29-33-103-47-17-9-5-10-18-47)25-26-56(52)100-30-34-104-48-19-11-6-12-20-48/h5-28,59-62H,29-46H2,1-4H3. The van der Waals surface area contributed by atoms with E-state index in [1.165, 1.54) is 39.2 Å². The summed E-state index contributed by atoms with van der Waals surface area (Å²) in [5.74, 6) is 4.66. The van der Waals surface area contributed by atoms with Crippen LogP contribution in [0.1, 0.15) is 49.9 Å². The van der Waals surface area contributed by atoms with Gasteiger partial charge in [0.1, 0.15) is 63.0 Å². The first-order chi connectivity index (χ1) is 51.4. The van der Waals surface area contributed by atoms with Crippen molar-refractivity contribution in [2.75, 3.05) is 89.5 Å². The Hall–Kier alpha value is -9.92. The Labute approximate surface area is 628 Å². The van der Waals surface area contributed by atoms with E-state index in [1.54, 1.807) is 86.2 Å². The largest absolute Gasteiger partial charge is 0.492 e. The molecule has 0 N–H and O–H groups in total. The number of hydrogen-bond donors (Lipinski definition) is 0. The monoisotopic (exact) mass is 1510 g/mol. The summed E-state index contributed by atoms with van der Waals surface area (Å²) < 4.78 is 26.6. The SMILES string of the molecule is CC12N3Cc4c(OCCSc5ccccc5)ccc(OCCSc5ccccc5)c4CN1C(=O)N1CN4C(=O)N5CN6C(=O)N7CN8C(=O)N9Cc%10c(OCCSc%11ccccc%11)ccc(OCCSc%11ccccc%11)c%10CN%10C(=O)N(CN%11C(=O)N(CN%12C(=O)N(CN(C3=O)C12C)C4C%125)C6C%117)C8(C)C%109C. The van der Waals surface area contributed by atoms with Crippen LogP contribution in [0.25, 0.3) is 0 Å². The van der Waals surface area contributed by atoms with Gasteiger partial charge in [-0.1, -0.05) is 72.8 Å². The number of amides is 16. The third-order valence-electron chi connectivity index (χ3n) is 24.1. The molecule has 13 aliphatic rings. The van der Waals surface area contributed by atoms with E-state index in [9.17, 15) is 0 Å². The van der Waals surface area contributed by atoms with Crippen molar-refractivity contribution in [2.45, 2.75) is 121 Å². The average Bonchev–Trinajstić information content (AvgIpc) is 1.49. The first kappa shape index (κ1) is 66.7. The highest BCUT2D eigenvalue weighted by atomic mass is 32.2. The molecule has 0 aromatic heterocycles. The van der Waals surface area contributed by atoms with E-state index in [4.69, 9.17) is 18.9 Å². The molecule has 0 radical (unpaired) electrons. The summed E-state index contributed by atoms with van der Waals surface area (Å²) in [5.41, 5.74) is -3.20. The van der Waals surface area contributed by atoms with Gasteiger partial charge in [0.25, 0.3) is 0 Å². The second-order valence-corrected chi connectivity index (χ2v) is 33.4. The number of nitrogens with zero attached hydrogens (tertiary/aromatic N) is 16. The molecule has 6 aromatic rings. The van der Waals surface area contributed by atoms with Gasteiger partial charge in [-0.2, -0.15) is 0 Å². The predicted molar refractivity (Wildman–Crippen MR) is 389 cm³/mol. The van der Waals surface area contributed by atoms with Crippen molar-refractivity contribution < 1.29 is 57.3 Å². The third kappa shape index (κ3) is 9.42. The normalized spacial score (nSPS) is 27.5. The van der Waals surface area contributed by atoms with Crippen LogP contribution in [0.3, 0.4) is 0 Å². The van der Waals surface area contributed by atoms with Gasteiger partial charge in [-0.3, -0.25) is 78.4 Å². The van der Waals surface area contributed by atoms with E-state index in [0.29, 0.717) is 94.7 Å². The van der Waals surface area contributed by atoms with E-state index in [-0.39, 0.29) is 52.9 Å². The smallest absolute Gasteiger partial charge is 0.326 e. The molecule has 548 valence electrons. The fourth-order valence-electron chi connectivity index (χ4n) is 18.5. The van der Waals surface area contributed by atoms with Crippen molar-refractivity contribution in [3.05, 3.63) is 168 Å². The predicted octanol–water partition coefficient (Wildman–Crippen LogP) is 9.95. The zero-order valence-corrected chi connectivity index (χ0v) is 61.8. The lowest BCUT2D eigenvalue weighted by Crippen LogP contribution is -2.69. The van der Waals surface area contributed by atoms with Crippen LogP contribution in [0.4, 0.5) is 38.4 Å². The fourth-order valence-corrected chi connectivity index (χ4v) is 21.5. The number of urea groups is 8. The second-order valence-electron chi connectivity index (χ2n) is 28.7. The summed E-state index contributed by atoms with van der Waals surface area (Å²) in [6, 6.07) is 43.4. The lowest BCUT2D eigenvalue weighted by Gasteiger charge is -2.49. The molecular formula is C74H76N16O12S4. The van der Waals surface area contributed by atoms with Crippen LogP contribution in [-0.2, 0) is 26.2 Å². The van der Waals surface area contributed by atoms with Crippen LogP contribution in [0.15, 0.2) is 165 Å². The number of fused-ring (bicyclic) bond motifs is 2. The summed E-state index contributed by atoms with van der Waals surface area (Å²) >= 11 is 6.63.